The van der Waals surface area contributed by atoms with Gasteiger partial charge in [0.05, 0.1) is 13.2 Å². The van der Waals surface area contributed by atoms with E-state index in [0.717, 1.165) is 16.7 Å². The highest BCUT2D eigenvalue weighted by Crippen LogP contribution is 2.27. The normalized spacial score (nSPS) is 19.9. The minimum Gasteiger partial charge on any atom is -0.368 e. The number of amides is 1. The molecule has 1 aliphatic heterocycles. The Kier molecular flexibility index (Phi) is 2.94. The van der Waals surface area contributed by atoms with E-state index in [-0.39, 0.29) is 12.0 Å². The van der Waals surface area contributed by atoms with Crippen LogP contribution in [0.1, 0.15) is 18.7 Å². The smallest absolute Gasteiger partial charge is 0.219 e. The first-order valence-corrected chi connectivity index (χ1v) is 6.31. The fourth-order valence-corrected chi connectivity index (χ4v) is 2.46. The molecule has 2 aromatic rings. The second-order valence-corrected chi connectivity index (χ2v) is 4.71. The van der Waals surface area contributed by atoms with E-state index < -0.39 is 0 Å². The van der Waals surface area contributed by atoms with Crippen molar-refractivity contribution in [2.45, 2.75) is 13.0 Å². The van der Waals surface area contributed by atoms with E-state index in [1.54, 1.807) is 22.7 Å². The maximum absolute atomic E-state index is 11.5. The maximum atomic E-state index is 11.5. The van der Waals surface area contributed by atoms with Crippen molar-refractivity contribution in [2.24, 2.45) is 7.05 Å². The van der Waals surface area contributed by atoms with Crippen molar-refractivity contribution in [3.63, 3.8) is 0 Å². The lowest BCUT2D eigenvalue weighted by Gasteiger charge is -2.31. The fraction of sp³-hybridized carbons (Fsp3) is 0.462. The van der Waals surface area contributed by atoms with E-state index in [1.807, 2.05) is 19.2 Å². The molecular weight excluding hydrogens is 244 g/mol. The number of morpholine rings is 1. The monoisotopic (exact) mass is 260 g/mol. The maximum Gasteiger partial charge on any atom is 0.219 e. The zero-order valence-corrected chi connectivity index (χ0v) is 11.0. The van der Waals surface area contributed by atoms with Gasteiger partial charge in [-0.25, -0.2) is 4.98 Å². The van der Waals surface area contributed by atoms with Gasteiger partial charge in [0.25, 0.3) is 0 Å². The molecule has 2 aromatic heterocycles. The van der Waals surface area contributed by atoms with Gasteiger partial charge in [-0.05, 0) is 12.1 Å². The summed E-state index contributed by atoms with van der Waals surface area (Å²) in [6, 6.07) is 3.87. The number of aromatic nitrogens is 3. The molecule has 3 rings (SSSR count). The zero-order chi connectivity index (χ0) is 13.4. The van der Waals surface area contributed by atoms with Crippen molar-refractivity contribution in [2.75, 3.05) is 19.7 Å². The van der Waals surface area contributed by atoms with Crippen molar-refractivity contribution >= 4 is 16.9 Å². The van der Waals surface area contributed by atoms with Crippen LogP contribution in [0.2, 0.25) is 0 Å². The van der Waals surface area contributed by atoms with Gasteiger partial charge in [0.2, 0.25) is 5.91 Å². The van der Waals surface area contributed by atoms with E-state index in [1.165, 1.54) is 0 Å². The molecule has 1 aliphatic rings. The van der Waals surface area contributed by atoms with Gasteiger partial charge in [0, 0.05) is 32.1 Å². The first-order valence-electron chi connectivity index (χ1n) is 6.31. The molecule has 0 aromatic carbocycles. The number of fused-ring (bicyclic) bond motifs is 1. The summed E-state index contributed by atoms with van der Waals surface area (Å²) in [5.41, 5.74) is 1.69. The highest BCUT2D eigenvalue weighted by atomic mass is 16.5. The minimum absolute atomic E-state index is 0.0756. The molecule has 6 heteroatoms. The van der Waals surface area contributed by atoms with E-state index in [9.17, 15) is 4.79 Å². The van der Waals surface area contributed by atoms with Gasteiger partial charge in [-0.2, -0.15) is 5.10 Å². The molecule has 100 valence electrons. The van der Waals surface area contributed by atoms with Gasteiger partial charge >= 0.3 is 0 Å². The highest BCUT2D eigenvalue weighted by Gasteiger charge is 2.27. The Morgan fingerprint density at radius 3 is 3.16 bits per heavy atom. The number of carbonyl (C=O) groups is 1. The highest BCUT2D eigenvalue weighted by molar-refractivity contribution is 5.79. The van der Waals surface area contributed by atoms with Crippen LogP contribution in [0.3, 0.4) is 0 Å². The molecule has 0 bridgehead atoms. The Hall–Kier alpha value is -1.95. The molecule has 0 spiro atoms. The predicted molar refractivity (Wildman–Crippen MR) is 69.5 cm³/mol. The van der Waals surface area contributed by atoms with Crippen molar-refractivity contribution in [3.05, 3.63) is 24.0 Å². The molecule has 3 heterocycles. The number of aryl methyl sites for hydroxylation is 1. The van der Waals surface area contributed by atoms with Crippen molar-refractivity contribution in [1.29, 1.82) is 0 Å². The summed E-state index contributed by atoms with van der Waals surface area (Å²) in [6.45, 7) is 3.33. The first-order chi connectivity index (χ1) is 9.16. The van der Waals surface area contributed by atoms with Crippen LogP contribution in [0, 0.1) is 0 Å². The molecule has 1 atom stereocenters. The Balaban J connectivity index is 1.98. The SMILES string of the molecule is CC(=O)N1CCO[C@@H](c2nn(C)c3ncccc23)C1. The van der Waals surface area contributed by atoms with Gasteiger partial charge in [0.1, 0.15) is 11.8 Å². The number of hydrogen-bond donors (Lipinski definition) is 0. The van der Waals surface area contributed by atoms with Gasteiger partial charge in [-0.1, -0.05) is 0 Å². The van der Waals surface area contributed by atoms with Crippen LogP contribution >= 0.6 is 0 Å². The van der Waals surface area contributed by atoms with E-state index in [2.05, 4.69) is 10.1 Å². The first kappa shape index (κ1) is 12.1. The summed E-state index contributed by atoms with van der Waals surface area (Å²) in [5.74, 6) is 0.0756. The molecule has 6 nitrogen and oxygen atoms in total. The lowest BCUT2D eigenvalue weighted by Crippen LogP contribution is -2.41. The number of carbonyl (C=O) groups excluding carboxylic acids is 1. The van der Waals surface area contributed by atoms with Crippen LogP contribution < -0.4 is 0 Å². The largest absolute Gasteiger partial charge is 0.368 e. The van der Waals surface area contributed by atoms with Gasteiger partial charge in [-0.3, -0.25) is 9.48 Å². The van der Waals surface area contributed by atoms with E-state index >= 15 is 0 Å². The number of nitrogens with zero attached hydrogens (tertiary/aromatic N) is 4. The summed E-state index contributed by atoms with van der Waals surface area (Å²) in [5, 5.41) is 5.48. The Morgan fingerprint density at radius 1 is 1.53 bits per heavy atom. The lowest BCUT2D eigenvalue weighted by molar-refractivity contribution is -0.136. The van der Waals surface area contributed by atoms with Crippen molar-refractivity contribution in [1.82, 2.24) is 19.7 Å². The number of pyridine rings is 1. The summed E-state index contributed by atoms with van der Waals surface area (Å²) in [6.07, 6.45) is 1.57. The number of ether oxygens (including phenoxy) is 1. The van der Waals surface area contributed by atoms with Gasteiger partial charge in [-0.15, -0.1) is 0 Å². The Labute approximate surface area is 111 Å². The zero-order valence-electron chi connectivity index (χ0n) is 11.0. The summed E-state index contributed by atoms with van der Waals surface area (Å²) in [4.78, 5) is 17.6. The third-order valence-corrected chi connectivity index (χ3v) is 3.44. The fourth-order valence-electron chi connectivity index (χ4n) is 2.46. The van der Waals surface area contributed by atoms with Gasteiger partial charge < -0.3 is 9.64 Å². The molecule has 0 aliphatic carbocycles. The second-order valence-electron chi connectivity index (χ2n) is 4.71. The molecule has 1 fully saturated rings. The second kappa shape index (κ2) is 4.62. The Morgan fingerprint density at radius 2 is 2.37 bits per heavy atom. The van der Waals surface area contributed by atoms with Crippen LogP contribution in [0.15, 0.2) is 18.3 Å². The molecule has 0 saturated carbocycles. The molecular formula is C13H16N4O2. The topological polar surface area (TPSA) is 60.3 Å². The van der Waals surface area contributed by atoms with Crippen LogP contribution in [-0.4, -0.2) is 45.3 Å². The molecule has 0 N–H and O–H groups in total. The molecule has 0 radical (unpaired) electrons. The molecule has 19 heavy (non-hydrogen) atoms. The third kappa shape index (κ3) is 2.08. The van der Waals surface area contributed by atoms with E-state index in [4.69, 9.17) is 4.74 Å². The number of rotatable bonds is 1. The van der Waals surface area contributed by atoms with Crippen LogP contribution in [0.25, 0.3) is 11.0 Å². The quantitative estimate of drug-likeness (QED) is 0.764. The lowest BCUT2D eigenvalue weighted by atomic mass is 10.1. The molecule has 1 saturated heterocycles. The third-order valence-electron chi connectivity index (χ3n) is 3.44. The number of hydrogen-bond acceptors (Lipinski definition) is 4. The van der Waals surface area contributed by atoms with E-state index in [0.29, 0.717) is 19.7 Å². The predicted octanol–water partition coefficient (Wildman–Crippen LogP) is 0.888. The average molecular weight is 260 g/mol. The standard InChI is InChI=1S/C13H16N4O2/c1-9(18)17-6-7-19-11(8-17)12-10-4-3-5-14-13(10)16(2)15-12/h3-5,11H,6-8H2,1-2H3/t11-/m1/s1. The van der Waals surface area contributed by atoms with Crippen LogP contribution in [-0.2, 0) is 16.6 Å². The van der Waals surface area contributed by atoms with Crippen LogP contribution in [0.5, 0.6) is 0 Å². The molecule has 0 unspecified atom stereocenters. The molecule has 1 amide bonds. The van der Waals surface area contributed by atoms with Crippen molar-refractivity contribution in [3.8, 4) is 0 Å². The van der Waals surface area contributed by atoms with Gasteiger partial charge in [0.15, 0.2) is 5.65 Å². The Bertz CT molecular complexity index is 622. The van der Waals surface area contributed by atoms with Crippen molar-refractivity contribution < 1.29 is 9.53 Å². The average Bonchev–Trinajstić information content (AvgIpc) is 2.77. The summed E-state index contributed by atoms with van der Waals surface area (Å²) >= 11 is 0. The summed E-state index contributed by atoms with van der Waals surface area (Å²) in [7, 11) is 1.87. The van der Waals surface area contributed by atoms with Crippen LogP contribution in [0.4, 0.5) is 0 Å². The minimum atomic E-state index is -0.175. The summed E-state index contributed by atoms with van der Waals surface area (Å²) < 4.78 is 7.52.